The molecule has 0 amide bonds. The number of fused-ring (bicyclic) bond motifs is 1. The summed E-state index contributed by atoms with van der Waals surface area (Å²) in [5.74, 6) is 2.67. The van der Waals surface area contributed by atoms with Crippen LogP contribution < -0.4 is 23.7 Å². The molecule has 4 rings (SSSR count). The monoisotopic (exact) mass is 372 g/mol. The molecule has 2 aromatic carbocycles. The van der Waals surface area contributed by atoms with Gasteiger partial charge in [-0.15, -0.1) is 0 Å². The maximum atomic E-state index is 12.8. The second-order valence-electron chi connectivity index (χ2n) is 6.16. The lowest BCUT2D eigenvalue weighted by Crippen LogP contribution is -2.16. The number of carbonyl (C=O) groups excluding carboxylic acids is 1. The lowest BCUT2D eigenvalue weighted by Gasteiger charge is -2.18. The van der Waals surface area contributed by atoms with Crippen molar-refractivity contribution >= 4 is 5.78 Å². The molecule has 142 valence electrons. The lowest BCUT2D eigenvalue weighted by molar-refractivity contribution is 0.0952. The Balaban J connectivity index is 1.56. The molecule has 2 aliphatic rings. The summed E-state index contributed by atoms with van der Waals surface area (Å²) in [5.41, 5.74) is 1.32. The number of methoxy groups -OCH3 is 3. The second-order valence-corrected chi connectivity index (χ2v) is 6.16. The first-order valence-electron chi connectivity index (χ1n) is 8.55. The van der Waals surface area contributed by atoms with Crippen LogP contribution >= 0.6 is 0 Å². The highest BCUT2D eigenvalue weighted by molar-refractivity contribution is 6.02. The van der Waals surface area contributed by atoms with E-state index in [-0.39, 0.29) is 11.9 Å². The van der Waals surface area contributed by atoms with Gasteiger partial charge in [0.25, 0.3) is 0 Å². The number of hydrogen-bond acceptors (Lipinski definition) is 7. The number of ketones is 1. The number of carbonyl (C=O) groups is 1. The van der Waals surface area contributed by atoms with Crippen LogP contribution in [0.5, 0.6) is 28.7 Å². The summed E-state index contributed by atoms with van der Waals surface area (Å²) in [5, 5.41) is 0. The lowest BCUT2D eigenvalue weighted by atomic mass is 10.0. The summed E-state index contributed by atoms with van der Waals surface area (Å²) >= 11 is 0. The van der Waals surface area contributed by atoms with Crippen molar-refractivity contribution in [2.24, 2.45) is 0 Å². The zero-order chi connectivity index (χ0) is 19.0. The molecule has 7 heteroatoms. The highest BCUT2D eigenvalue weighted by Crippen LogP contribution is 2.47. The average Bonchev–Trinajstić information content (AvgIpc) is 3.52. The molecular weight excluding hydrogens is 352 g/mol. The van der Waals surface area contributed by atoms with E-state index in [1.54, 1.807) is 51.7 Å². The first-order chi connectivity index (χ1) is 13.2. The van der Waals surface area contributed by atoms with E-state index in [2.05, 4.69) is 0 Å². The molecule has 0 saturated carbocycles. The predicted molar refractivity (Wildman–Crippen MR) is 95.5 cm³/mol. The molecule has 2 atom stereocenters. The fraction of sp³-hybridized carbons (Fsp3) is 0.350. The molecule has 2 heterocycles. The molecule has 7 nitrogen and oxygen atoms in total. The first-order valence-corrected chi connectivity index (χ1v) is 8.55. The number of Topliss-reactive ketones (excluding diaryl/α,β-unsaturated/α-hetero) is 1. The minimum absolute atomic E-state index is 0.106. The number of ether oxygens (including phenoxy) is 6. The molecule has 2 unspecified atom stereocenters. The van der Waals surface area contributed by atoms with Crippen LogP contribution in [-0.4, -0.2) is 46.4 Å². The summed E-state index contributed by atoms with van der Waals surface area (Å²) in [4.78, 5) is 12.8. The van der Waals surface area contributed by atoms with Crippen LogP contribution in [0.15, 0.2) is 30.3 Å². The molecule has 0 radical (unpaired) electrons. The first kappa shape index (κ1) is 17.5. The smallest absolute Gasteiger partial charge is 0.203 e. The highest BCUT2D eigenvalue weighted by atomic mass is 16.6. The van der Waals surface area contributed by atoms with Gasteiger partial charge in [-0.3, -0.25) is 4.79 Å². The van der Waals surface area contributed by atoms with Gasteiger partial charge in [-0.05, 0) is 35.9 Å². The zero-order valence-electron chi connectivity index (χ0n) is 15.3. The molecule has 27 heavy (non-hydrogen) atoms. The van der Waals surface area contributed by atoms with E-state index in [9.17, 15) is 4.79 Å². The van der Waals surface area contributed by atoms with Gasteiger partial charge in [0.1, 0.15) is 19.3 Å². The third-order valence-corrected chi connectivity index (χ3v) is 4.59. The fourth-order valence-electron chi connectivity index (χ4n) is 3.19. The van der Waals surface area contributed by atoms with Crippen molar-refractivity contribution in [1.82, 2.24) is 0 Å². The Morgan fingerprint density at radius 2 is 1.59 bits per heavy atom. The summed E-state index contributed by atoms with van der Waals surface area (Å²) in [7, 11) is 4.64. The summed E-state index contributed by atoms with van der Waals surface area (Å²) in [6, 6.07) is 8.76. The van der Waals surface area contributed by atoms with Crippen molar-refractivity contribution in [2.45, 2.75) is 12.2 Å². The number of hydrogen-bond donors (Lipinski definition) is 0. The topological polar surface area (TPSA) is 75.8 Å². The standard InChI is InChI=1S/C20H20O7/c1-22-15-9-12(10-16(23-2)19(15)24-3)18-20(27-18)17(21)11-4-5-13-14(8-11)26-7-6-25-13/h4-5,8-10,18,20H,6-7H2,1-3H3. The zero-order valence-corrected chi connectivity index (χ0v) is 15.3. The average molecular weight is 372 g/mol. The van der Waals surface area contributed by atoms with E-state index in [1.807, 2.05) is 0 Å². The van der Waals surface area contributed by atoms with Gasteiger partial charge in [0.15, 0.2) is 34.9 Å². The van der Waals surface area contributed by atoms with Gasteiger partial charge < -0.3 is 28.4 Å². The van der Waals surface area contributed by atoms with Crippen LogP contribution in [0.4, 0.5) is 0 Å². The molecule has 2 aliphatic heterocycles. The van der Waals surface area contributed by atoms with Crippen molar-refractivity contribution in [3.63, 3.8) is 0 Å². The van der Waals surface area contributed by atoms with Crippen LogP contribution in [0.25, 0.3) is 0 Å². The highest BCUT2D eigenvalue weighted by Gasteiger charge is 2.47. The van der Waals surface area contributed by atoms with Crippen molar-refractivity contribution in [3.8, 4) is 28.7 Å². The molecule has 1 fully saturated rings. The number of benzene rings is 2. The quantitative estimate of drug-likeness (QED) is 0.570. The summed E-state index contributed by atoms with van der Waals surface area (Å²) in [6.07, 6.45) is -0.922. The van der Waals surface area contributed by atoms with Crippen molar-refractivity contribution in [3.05, 3.63) is 41.5 Å². The Bertz CT molecular complexity index is 852. The van der Waals surface area contributed by atoms with Crippen molar-refractivity contribution in [1.29, 1.82) is 0 Å². The normalized spacial score (nSPS) is 20.0. The maximum absolute atomic E-state index is 12.8. The van der Waals surface area contributed by atoms with E-state index >= 15 is 0 Å². The molecule has 0 aromatic heterocycles. The van der Waals surface area contributed by atoms with Crippen LogP contribution in [0, 0.1) is 0 Å². The van der Waals surface area contributed by atoms with E-state index in [0.717, 1.165) is 5.56 Å². The second kappa shape index (κ2) is 7.00. The van der Waals surface area contributed by atoms with E-state index in [4.69, 9.17) is 28.4 Å². The third-order valence-electron chi connectivity index (χ3n) is 4.59. The Morgan fingerprint density at radius 3 is 2.22 bits per heavy atom. The molecule has 2 aromatic rings. The van der Waals surface area contributed by atoms with Gasteiger partial charge in [-0.2, -0.15) is 0 Å². The maximum Gasteiger partial charge on any atom is 0.203 e. The Hall–Kier alpha value is -2.93. The van der Waals surface area contributed by atoms with Gasteiger partial charge >= 0.3 is 0 Å². The summed E-state index contributed by atoms with van der Waals surface area (Å²) < 4.78 is 32.8. The van der Waals surface area contributed by atoms with Gasteiger partial charge in [0.2, 0.25) is 5.75 Å². The van der Waals surface area contributed by atoms with Crippen LogP contribution in [-0.2, 0) is 4.74 Å². The van der Waals surface area contributed by atoms with Gasteiger partial charge in [-0.25, -0.2) is 0 Å². The van der Waals surface area contributed by atoms with E-state index in [0.29, 0.717) is 47.5 Å². The van der Waals surface area contributed by atoms with E-state index < -0.39 is 6.10 Å². The van der Waals surface area contributed by atoms with Gasteiger partial charge in [0, 0.05) is 5.56 Å². The molecule has 0 N–H and O–H groups in total. The number of epoxide rings is 1. The van der Waals surface area contributed by atoms with Crippen molar-refractivity contribution in [2.75, 3.05) is 34.5 Å². The number of rotatable bonds is 6. The molecular formula is C20H20O7. The Labute approximate surface area is 156 Å². The van der Waals surface area contributed by atoms with E-state index in [1.165, 1.54) is 0 Å². The van der Waals surface area contributed by atoms with Gasteiger partial charge in [0.05, 0.1) is 21.3 Å². The molecule has 0 bridgehead atoms. The largest absolute Gasteiger partial charge is 0.493 e. The fourth-order valence-corrected chi connectivity index (χ4v) is 3.19. The molecule has 0 spiro atoms. The summed E-state index contributed by atoms with van der Waals surface area (Å²) in [6.45, 7) is 0.980. The minimum Gasteiger partial charge on any atom is -0.493 e. The third kappa shape index (κ3) is 3.14. The molecule has 1 saturated heterocycles. The SMILES string of the molecule is COc1cc(C2OC2C(=O)c2ccc3c(c2)OCCO3)cc(OC)c1OC. The van der Waals surface area contributed by atoms with Crippen LogP contribution in [0.1, 0.15) is 22.0 Å². The molecule has 0 aliphatic carbocycles. The van der Waals surface area contributed by atoms with Crippen LogP contribution in [0.2, 0.25) is 0 Å². The predicted octanol–water partition coefficient (Wildman–Crippen LogP) is 2.81. The van der Waals surface area contributed by atoms with Crippen LogP contribution in [0.3, 0.4) is 0 Å². The minimum atomic E-state index is -0.560. The Kier molecular flexibility index (Phi) is 4.53. The Morgan fingerprint density at radius 1 is 0.926 bits per heavy atom. The van der Waals surface area contributed by atoms with Gasteiger partial charge in [-0.1, -0.05) is 0 Å². The van der Waals surface area contributed by atoms with Crippen molar-refractivity contribution < 1.29 is 33.2 Å².